The van der Waals surface area contributed by atoms with Gasteiger partial charge in [-0.2, -0.15) is 5.10 Å². The summed E-state index contributed by atoms with van der Waals surface area (Å²) in [5.41, 5.74) is 0.365. The van der Waals surface area contributed by atoms with Crippen molar-refractivity contribution in [1.82, 2.24) is 20.0 Å². The summed E-state index contributed by atoms with van der Waals surface area (Å²) in [5.74, 6) is -1.46. The molecule has 8 heteroatoms. The summed E-state index contributed by atoms with van der Waals surface area (Å²) in [6, 6.07) is 18.2. The third kappa shape index (κ3) is 4.73. The lowest BCUT2D eigenvalue weighted by molar-refractivity contribution is -0.166. The van der Waals surface area contributed by atoms with Crippen molar-refractivity contribution in [2.75, 3.05) is 6.54 Å². The molecule has 0 aliphatic carbocycles. The predicted molar refractivity (Wildman–Crippen MR) is 127 cm³/mol. The average Bonchev–Trinajstić information content (AvgIpc) is 3.56. The molecule has 34 heavy (non-hydrogen) atoms. The van der Waals surface area contributed by atoms with Crippen LogP contribution in [0.4, 0.5) is 0 Å². The highest BCUT2D eigenvalue weighted by Gasteiger charge is 2.46. The minimum absolute atomic E-state index is 0.186. The van der Waals surface area contributed by atoms with Crippen LogP contribution in [0.2, 0.25) is 0 Å². The largest absolute Gasteiger partial charge is 0.380 e. The van der Waals surface area contributed by atoms with E-state index in [9.17, 15) is 19.8 Å². The molecule has 3 N–H and O–H groups in total. The maximum Gasteiger partial charge on any atom is 0.255 e. The predicted octanol–water partition coefficient (Wildman–Crippen LogP) is 2.53. The maximum atomic E-state index is 13.1. The van der Waals surface area contributed by atoms with E-state index in [0.29, 0.717) is 6.54 Å². The molecule has 0 spiro atoms. The van der Waals surface area contributed by atoms with Gasteiger partial charge >= 0.3 is 0 Å². The van der Waals surface area contributed by atoms with E-state index in [0.717, 1.165) is 29.7 Å². The molecule has 2 aromatic carbocycles. The molecule has 0 saturated carbocycles. The first-order valence-corrected chi connectivity index (χ1v) is 11.5. The number of amides is 2. The van der Waals surface area contributed by atoms with Gasteiger partial charge in [0.25, 0.3) is 11.8 Å². The van der Waals surface area contributed by atoms with E-state index in [1.807, 2.05) is 66.9 Å². The zero-order valence-electron chi connectivity index (χ0n) is 19.3. The number of benzene rings is 2. The maximum absolute atomic E-state index is 13.1. The zero-order chi connectivity index (χ0) is 24.3. The first-order valence-electron chi connectivity index (χ1n) is 11.5. The van der Waals surface area contributed by atoms with E-state index in [1.165, 1.54) is 6.92 Å². The molecule has 0 bridgehead atoms. The number of hydrogen-bond acceptors (Lipinski definition) is 5. The molecule has 0 radical (unpaired) electrons. The second kappa shape index (κ2) is 9.79. The highest BCUT2D eigenvalue weighted by atomic mass is 16.4. The number of aliphatic hydroxyl groups is 2. The van der Waals surface area contributed by atoms with Crippen molar-refractivity contribution in [3.8, 4) is 5.69 Å². The molecule has 4 rings (SSSR count). The fraction of sp³-hybridized carbons (Fsp3) is 0.346. The summed E-state index contributed by atoms with van der Waals surface area (Å²) in [7, 11) is 0. The molecule has 1 aliphatic rings. The number of nitrogens with one attached hydrogen (secondary N) is 1. The number of carbonyl (C=O) groups is 2. The van der Waals surface area contributed by atoms with Crippen LogP contribution in [0.25, 0.3) is 5.69 Å². The molecule has 4 atom stereocenters. The molecule has 178 valence electrons. The van der Waals surface area contributed by atoms with Gasteiger partial charge in [-0.15, -0.1) is 0 Å². The van der Waals surface area contributed by atoms with E-state index in [-0.39, 0.29) is 6.04 Å². The van der Waals surface area contributed by atoms with Crippen molar-refractivity contribution in [3.05, 3.63) is 84.2 Å². The van der Waals surface area contributed by atoms with Gasteiger partial charge in [-0.25, -0.2) is 4.68 Å². The second-order valence-electron chi connectivity index (χ2n) is 8.89. The quantitative estimate of drug-likeness (QED) is 0.500. The molecule has 1 saturated heterocycles. The first kappa shape index (κ1) is 23.7. The Morgan fingerprint density at radius 3 is 2.47 bits per heavy atom. The lowest BCUT2D eigenvalue weighted by Gasteiger charge is -2.33. The third-order valence-electron chi connectivity index (χ3n) is 6.46. The summed E-state index contributed by atoms with van der Waals surface area (Å²) >= 11 is 0. The molecule has 2 heterocycles. The van der Waals surface area contributed by atoms with Crippen LogP contribution in [-0.4, -0.2) is 55.0 Å². The van der Waals surface area contributed by atoms with Gasteiger partial charge in [0.15, 0.2) is 11.7 Å². The Morgan fingerprint density at radius 1 is 1.12 bits per heavy atom. The summed E-state index contributed by atoms with van der Waals surface area (Å²) in [5, 5.41) is 28.5. The topological polar surface area (TPSA) is 108 Å². The summed E-state index contributed by atoms with van der Waals surface area (Å²) < 4.78 is 1.72. The van der Waals surface area contributed by atoms with Gasteiger partial charge in [-0.05, 0) is 56.0 Å². The standard InChI is InChI=1S/C26H30N4O4/c1-18(19-11-13-21(14-12-19)30-17-7-15-27-30)28-25(33)26(2,34)23(31)24(32)29-16-6-10-22(29)20-8-4-3-5-9-20/h3-5,7-9,11-15,17-18,22-23,31,34H,6,10,16H2,1-2H3,(H,28,33)/t18-,22?,23+,26-/m1/s1. The highest BCUT2D eigenvalue weighted by Crippen LogP contribution is 2.33. The van der Waals surface area contributed by atoms with E-state index >= 15 is 0 Å². The van der Waals surface area contributed by atoms with Gasteiger partial charge < -0.3 is 20.4 Å². The Bertz CT molecular complexity index is 1110. The van der Waals surface area contributed by atoms with Gasteiger partial charge in [0.05, 0.1) is 17.8 Å². The molecule has 1 aliphatic heterocycles. The lowest BCUT2D eigenvalue weighted by atomic mass is 9.95. The Labute approximate surface area is 198 Å². The van der Waals surface area contributed by atoms with Crippen molar-refractivity contribution in [2.45, 2.75) is 50.5 Å². The second-order valence-corrected chi connectivity index (χ2v) is 8.89. The molecule has 1 aromatic heterocycles. The van der Waals surface area contributed by atoms with Crippen LogP contribution in [-0.2, 0) is 9.59 Å². The van der Waals surface area contributed by atoms with Crippen molar-refractivity contribution < 1.29 is 19.8 Å². The number of hydrogen-bond donors (Lipinski definition) is 3. The summed E-state index contributed by atoms with van der Waals surface area (Å²) in [4.78, 5) is 27.6. The molecule has 3 aromatic rings. The van der Waals surface area contributed by atoms with Crippen LogP contribution in [0.1, 0.15) is 49.9 Å². The smallest absolute Gasteiger partial charge is 0.255 e. The van der Waals surface area contributed by atoms with E-state index in [1.54, 1.807) is 22.7 Å². The molecule has 1 unspecified atom stereocenters. The van der Waals surface area contributed by atoms with E-state index in [2.05, 4.69) is 10.4 Å². The van der Waals surface area contributed by atoms with Crippen LogP contribution < -0.4 is 5.32 Å². The van der Waals surface area contributed by atoms with Crippen LogP contribution in [0, 0.1) is 0 Å². The summed E-state index contributed by atoms with van der Waals surface area (Å²) in [6.45, 7) is 3.41. The monoisotopic (exact) mass is 462 g/mol. The zero-order valence-corrected chi connectivity index (χ0v) is 19.3. The van der Waals surface area contributed by atoms with Gasteiger partial charge in [-0.1, -0.05) is 42.5 Å². The molecular weight excluding hydrogens is 432 g/mol. The lowest BCUT2D eigenvalue weighted by Crippen LogP contribution is -2.58. The van der Waals surface area contributed by atoms with E-state index < -0.39 is 29.6 Å². The highest BCUT2D eigenvalue weighted by molar-refractivity contribution is 5.94. The number of carbonyl (C=O) groups excluding carboxylic acids is 2. The number of likely N-dealkylation sites (tertiary alicyclic amines) is 1. The van der Waals surface area contributed by atoms with Gasteiger partial charge in [0, 0.05) is 18.9 Å². The minimum Gasteiger partial charge on any atom is -0.380 e. The van der Waals surface area contributed by atoms with Crippen LogP contribution >= 0.6 is 0 Å². The van der Waals surface area contributed by atoms with Gasteiger partial charge in [0.2, 0.25) is 0 Å². The van der Waals surface area contributed by atoms with E-state index in [4.69, 9.17) is 0 Å². The minimum atomic E-state index is -2.29. The van der Waals surface area contributed by atoms with Crippen molar-refractivity contribution in [3.63, 3.8) is 0 Å². The number of nitrogens with zero attached hydrogens (tertiary/aromatic N) is 3. The Kier molecular flexibility index (Phi) is 6.81. The van der Waals surface area contributed by atoms with Gasteiger partial charge in [-0.3, -0.25) is 9.59 Å². The van der Waals surface area contributed by atoms with Crippen LogP contribution in [0.15, 0.2) is 73.1 Å². The molecule has 2 amide bonds. The fourth-order valence-electron chi connectivity index (χ4n) is 4.34. The summed E-state index contributed by atoms with van der Waals surface area (Å²) in [6.07, 6.45) is 3.19. The Hall–Kier alpha value is -3.49. The average molecular weight is 463 g/mol. The Balaban J connectivity index is 1.42. The van der Waals surface area contributed by atoms with Crippen molar-refractivity contribution in [1.29, 1.82) is 0 Å². The van der Waals surface area contributed by atoms with Crippen LogP contribution in [0.5, 0.6) is 0 Å². The van der Waals surface area contributed by atoms with Gasteiger partial charge in [0.1, 0.15) is 0 Å². The van der Waals surface area contributed by atoms with Crippen molar-refractivity contribution in [2.24, 2.45) is 0 Å². The molecular formula is C26H30N4O4. The number of aromatic nitrogens is 2. The fourth-order valence-corrected chi connectivity index (χ4v) is 4.34. The normalized spacial score (nSPS) is 19.3. The van der Waals surface area contributed by atoms with Crippen LogP contribution in [0.3, 0.4) is 0 Å². The first-order chi connectivity index (χ1) is 16.3. The molecule has 8 nitrogen and oxygen atoms in total. The number of rotatable bonds is 7. The molecule has 1 fully saturated rings. The Morgan fingerprint density at radius 2 is 1.82 bits per heavy atom. The third-order valence-corrected chi connectivity index (χ3v) is 6.46. The SMILES string of the molecule is C[C@@H](NC(=O)[C@](C)(O)[C@@H](O)C(=O)N1CCCC1c1ccccc1)c1ccc(-n2cccn2)cc1. The number of aliphatic hydroxyl groups excluding tert-OH is 1. The van der Waals surface area contributed by atoms with Crippen molar-refractivity contribution >= 4 is 11.8 Å².